The van der Waals surface area contributed by atoms with Crippen LogP contribution in [-0.2, 0) is 12.8 Å². The lowest BCUT2D eigenvalue weighted by atomic mass is 9.86. The Labute approximate surface area is 179 Å². The van der Waals surface area contributed by atoms with Crippen LogP contribution in [0.4, 0.5) is 10.2 Å². The summed E-state index contributed by atoms with van der Waals surface area (Å²) < 4.78 is 15.7. The molecule has 31 heavy (non-hydrogen) atoms. The fraction of sp³-hybridized carbons (Fsp3) is 0.391. The van der Waals surface area contributed by atoms with E-state index in [2.05, 4.69) is 39.2 Å². The number of aromatic nitrogens is 6. The van der Waals surface area contributed by atoms with Crippen molar-refractivity contribution in [3.63, 3.8) is 0 Å². The van der Waals surface area contributed by atoms with Gasteiger partial charge in [0.1, 0.15) is 11.6 Å². The summed E-state index contributed by atoms with van der Waals surface area (Å²) in [6, 6.07) is 3.79. The van der Waals surface area contributed by atoms with Crippen molar-refractivity contribution < 1.29 is 4.39 Å². The van der Waals surface area contributed by atoms with Crippen molar-refractivity contribution in [2.24, 2.45) is 5.41 Å². The average Bonchev–Trinajstić information content (AvgIpc) is 3.11. The first-order valence-electron chi connectivity index (χ1n) is 10.8. The Morgan fingerprint density at radius 2 is 2.16 bits per heavy atom. The topological polar surface area (TPSA) is 83.8 Å². The molecule has 6 rings (SSSR count). The summed E-state index contributed by atoms with van der Waals surface area (Å²) in [6.07, 6.45) is 10.8. The number of rotatable bonds is 4. The largest absolute Gasteiger partial charge is 0.367 e. The Balaban J connectivity index is 1.39. The standard InChI is InChI=1S/C23H24FN7/c1-13(2)16-11-28-31-21(6-18(29-22(16)31)14-5-15(24)10-25-9-14)30-20-8-23(20)4-3-17-19(7-23)27-12-26-17/h5-6,9-13,20,30H,3-4,7-8H2,1-2H3,(H,26,27)/t20-,23?/m0/s1. The van der Waals surface area contributed by atoms with Crippen LogP contribution >= 0.6 is 0 Å². The number of pyridine rings is 1. The Hall–Kier alpha value is -3.29. The lowest BCUT2D eigenvalue weighted by molar-refractivity contribution is 0.419. The van der Waals surface area contributed by atoms with Crippen LogP contribution in [0.25, 0.3) is 16.9 Å². The average molecular weight is 417 g/mol. The molecule has 2 aliphatic rings. The molecule has 0 aromatic carbocycles. The zero-order chi connectivity index (χ0) is 21.2. The molecule has 2 aliphatic carbocycles. The van der Waals surface area contributed by atoms with Crippen molar-refractivity contribution in [3.8, 4) is 11.3 Å². The highest BCUT2D eigenvalue weighted by atomic mass is 19.1. The number of aromatic amines is 1. The van der Waals surface area contributed by atoms with E-state index in [1.165, 1.54) is 23.7 Å². The smallest absolute Gasteiger partial charge is 0.161 e. The molecule has 2 N–H and O–H groups in total. The van der Waals surface area contributed by atoms with Gasteiger partial charge in [0.2, 0.25) is 0 Å². The van der Waals surface area contributed by atoms with Gasteiger partial charge in [-0.3, -0.25) is 4.98 Å². The molecule has 4 heterocycles. The van der Waals surface area contributed by atoms with Crippen LogP contribution in [0.3, 0.4) is 0 Å². The maximum absolute atomic E-state index is 13.8. The minimum absolute atomic E-state index is 0.254. The molecular formula is C23H24FN7. The van der Waals surface area contributed by atoms with Crippen LogP contribution in [0, 0.1) is 11.2 Å². The van der Waals surface area contributed by atoms with Crippen LogP contribution in [0.1, 0.15) is 49.6 Å². The van der Waals surface area contributed by atoms with E-state index in [1.54, 1.807) is 12.5 Å². The molecule has 0 saturated heterocycles. The van der Waals surface area contributed by atoms with Gasteiger partial charge in [0.05, 0.1) is 30.1 Å². The Bertz CT molecular complexity index is 1290. The summed E-state index contributed by atoms with van der Waals surface area (Å²) >= 11 is 0. The van der Waals surface area contributed by atoms with Gasteiger partial charge < -0.3 is 10.3 Å². The third-order valence-corrected chi connectivity index (χ3v) is 6.83. The second kappa shape index (κ2) is 6.60. The number of imidazole rings is 1. The summed E-state index contributed by atoms with van der Waals surface area (Å²) in [7, 11) is 0. The van der Waals surface area contributed by atoms with Crippen LogP contribution in [0.2, 0.25) is 0 Å². The molecule has 4 aromatic rings. The van der Waals surface area contributed by atoms with Crippen molar-refractivity contribution in [1.82, 2.24) is 29.5 Å². The quantitative estimate of drug-likeness (QED) is 0.521. The molecule has 8 heteroatoms. The second-order valence-corrected chi connectivity index (χ2v) is 9.18. The molecule has 1 spiro atoms. The van der Waals surface area contributed by atoms with Crippen molar-refractivity contribution in [3.05, 3.63) is 59.8 Å². The van der Waals surface area contributed by atoms with E-state index >= 15 is 0 Å². The van der Waals surface area contributed by atoms with Gasteiger partial charge in [-0.15, -0.1) is 0 Å². The Morgan fingerprint density at radius 3 is 3.00 bits per heavy atom. The summed E-state index contributed by atoms with van der Waals surface area (Å²) in [4.78, 5) is 16.6. The molecule has 1 fully saturated rings. The molecule has 4 aromatic heterocycles. The number of nitrogens with zero attached hydrogens (tertiary/aromatic N) is 5. The zero-order valence-corrected chi connectivity index (χ0v) is 17.6. The van der Waals surface area contributed by atoms with Crippen LogP contribution in [0.5, 0.6) is 0 Å². The summed E-state index contributed by atoms with van der Waals surface area (Å²) in [5, 5.41) is 8.35. The van der Waals surface area contributed by atoms with E-state index in [1.807, 2.05) is 16.8 Å². The number of anilines is 1. The van der Waals surface area contributed by atoms with Gasteiger partial charge in [-0.05, 0) is 43.1 Å². The Morgan fingerprint density at radius 1 is 1.26 bits per heavy atom. The third-order valence-electron chi connectivity index (χ3n) is 6.83. The van der Waals surface area contributed by atoms with Crippen molar-refractivity contribution in [2.75, 3.05) is 5.32 Å². The first-order valence-corrected chi connectivity index (χ1v) is 10.8. The van der Waals surface area contributed by atoms with Crippen LogP contribution in [0.15, 0.2) is 37.1 Å². The first-order chi connectivity index (χ1) is 15.0. The molecule has 0 aliphatic heterocycles. The molecule has 0 bridgehead atoms. The minimum Gasteiger partial charge on any atom is -0.367 e. The number of halogens is 1. The van der Waals surface area contributed by atoms with Gasteiger partial charge >= 0.3 is 0 Å². The maximum Gasteiger partial charge on any atom is 0.161 e. The predicted octanol–water partition coefficient (Wildman–Crippen LogP) is 4.14. The summed E-state index contributed by atoms with van der Waals surface area (Å²) in [6.45, 7) is 4.25. The number of fused-ring (bicyclic) bond motifs is 2. The minimum atomic E-state index is -0.370. The predicted molar refractivity (Wildman–Crippen MR) is 115 cm³/mol. The van der Waals surface area contributed by atoms with E-state index in [0.717, 1.165) is 42.7 Å². The van der Waals surface area contributed by atoms with Gasteiger partial charge in [-0.2, -0.15) is 9.61 Å². The molecule has 0 amide bonds. The highest BCUT2D eigenvalue weighted by molar-refractivity contribution is 5.68. The molecule has 1 saturated carbocycles. The van der Waals surface area contributed by atoms with E-state index < -0.39 is 0 Å². The van der Waals surface area contributed by atoms with Gasteiger partial charge in [0, 0.05) is 35.1 Å². The molecule has 1 unspecified atom stereocenters. The third kappa shape index (κ3) is 3.00. The number of aryl methyl sites for hydroxylation is 1. The van der Waals surface area contributed by atoms with E-state index in [-0.39, 0.29) is 17.2 Å². The lowest BCUT2D eigenvalue weighted by Gasteiger charge is -2.23. The summed E-state index contributed by atoms with van der Waals surface area (Å²) in [5.74, 6) is 0.793. The van der Waals surface area contributed by atoms with E-state index in [0.29, 0.717) is 17.3 Å². The molecule has 7 nitrogen and oxygen atoms in total. The fourth-order valence-electron chi connectivity index (χ4n) is 4.92. The highest BCUT2D eigenvalue weighted by Crippen LogP contribution is 2.55. The molecular weight excluding hydrogens is 393 g/mol. The van der Waals surface area contributed by atoms with Crippen molar-refractivity contribution in [2.45, 2.75) is 51.5 Å². The van der Waals surface area contributed by atoms with Crippen LogP contribution in [-0.4, -0.2) is 35.6 Å². The zero-order valence-electron chi connectivity index (χ0n) is 17.6. The van der Waals surface area contributed by atoms with Gasteiger partial charge in [0.15, 0.2) is 5.65 Å². The Kier molecular flexibility index (Phi) is 3.94. The van der Waals surface area contributed by atoms with Gasteiger partial charge in [-0.1, -0.05) is 13.8 Å². The van der Waals surface area contributed by atoms with E-state index in [4.69, 9.17) is 4.98 Å². The SMILES string of the molecule is CC(C)c1cnn2c(N[C@H]3CC34CCc3nc[nH]c3C4)cc(-c3cncc(F)c3)nc12. The highest BCUT2D eigenvalue weighted by Gasteiger charge is 2.55. The van der Waals surface area contributed by atoms with E-state index in [9.17, 15) is 4.39 Å². The summed E-state index contributed by atoms with van der Waals surface area (Å²) in [5.41, 5.74) is 5.95. The van der Waals surface area contributed by atoms with Crippen molar-refractivity contribution in [1.29, 1.82) is 0 Å². The second-order valence-electron chi connectivity index (χ2n) is 9.18. The monoisotopic (exact) mass is 417 g/mol. The molecule has 0 radical (unpaired) electrons. The van der Waals surface area contributed by atoms with Crippen molar-refractivity contribution >= 4 is 11.5 Å². The maximum atomic E-state index is 13.8. The normalized spacial score (nSPS) is 22.3. The number of nitrogens with one attached hydrogen (secondary N) is 2. The van der Waals surface area contributed by atoms with Crippen LogP contribution < -0.4 is 5.32 Å². The number of hydrogen-bond donors (Lipinski definition) is 2. The van der Waals surface area contributed by atoms with Gasteiger partial charge in [-0.25, -0.2) is 14.4 Å². The van der Waals surface area contributed by atoms with Gasteiger partial charge in [0.25, 0.3) is 0 Å². The fourth-order valence-corrected chi connectivity index (χ4v) is 4.92. The number of hydrogen-bond acceptors (Lipinski definition) is 5. The first kappa shape index (κ1) is 18.5. The molecule has 158 valence electrons. The lowest BCUT2D eigenvalue weighted by Crippen LogP contribution is -2.23. The number of H-pyrrole nitrogens is 1. The molecule has 2 atom stereocenters.